The molecule has 1 aromatic heterocycles. The van der Waals surface area contributed by atoms with Gasteiger partial charge in [0.1, 0.15) is 12.4 Å². The van der Waals surface area contributed by atoms with Crippen molar-refractivity contribution in [2.75, 3.05) is 0 Å². The average Bonchev–Trinajstić information content (AvgIpc) is 2.70. The van der Waals surface area contributed by atoms with E-state index in [0.717, 1.165) is 29.7 Å². The van der Waals surface area contributed by atoms with Crippen molar-refractivity contribution < 1.29 is 0 Å². The van der Waals surface area contributed by atoms with E-state index < -0.39 is 0 Å². The van der Waals surface area contributed by atoms with Crippen LogP contribution in [0.1, 0.15) is 31.6 Å². The van der Waals surface area contributed by atoms with Crippen molar-refractivity contribution in [3.05, 3.63) is 30.1 Å². The molecule has 2 rings (SSSR count). The number of benzene rings is 1. The van der Waals surface area contributed by atoms with Gasteiger partial charge >= 0.3 is 0 Å². The van der Waals surface area contributed by atoms with Crippen molar-refractivity contribution >= 4 is 11.0 Å². The fourth-order valence-electron chi connectivity index (χ4n) is 2.05. The summed E-state index contributed by atoms with van der Waals surface area (Å²) >= 11 is 0. The summed E-state index contributed by atoms with van der Waals surface area (Å²) in [6, 6.07) is 9.89. The summed E-state index contributed by atoms with van der Waals surface area (Å²) in [5.41, 5.74) is 8.00. The predicted molar refractivity (Wildman–Crippen MR) is 67.2 cm³/mol. The first-order chi connectivity index (χ1) is 8.27. The number of fused-ring (bicyclic) bond motifs is 1. The zero-order chi connectivity index (χ0) is 12.3. The largest absolute Gasteiger partial charge is 0.321 e. The van der Waals surface area contributed by atoms with Crippen LogP contribution in [0.2, 0.25) is 0 Å². The molecule has 2 N–H and O–H groups in total. The number of hydrogen-bond donors (Lipinski definition) is 1. The molecule has 2 aromatic rings. The van der Waals surface area contributed by atoms with E-state index in [-0.39, 0.29) is 6.04 Å². The number of aromatic nitrogens is 2. The van der Waals surface area contributed by atoms with Crippen molar-refractivity contribution in [2.24, 2.45) is 5.73 Å². The Morgan fingerprint density at radius 3 is 2.94 bits per heavy atom. The molecule has 0 fully saturated rings. The average molecular weight is 228 g/mol. The first kappa shape index (κ1) is 11.6. The predicted octanol–water partition coefficient (Wildman–Crippen LogP) is 2.36. The number of nitriles is 1. The van der Waals surface area contributed by atoms with Crippen LogP contribution < -0.4 is 5.73 Å². The third-order valence-electron chi connectivity index (χ3n) is 2.84. The maximum absolute atomic E-state index is 8.89. The molecule has 0 saturated heterocycles. The SMILES string of the molecule is CCCC(N)c1nc2ccccc2n1CC#N. The lowest BCUT2D eigenvalue weighted by molar-refractivity contribution is 0.576. The summed E-state index contributed by atoms with van der Waals surface area (Å²) in [5.74, 6) is 0.814. The minimum Gasteiger partial charge on any atom is -0.321 e. The molecule has 1 aromatic carbocycles. The van der Waals surface area contributed by atoms with Gasteiger partial charge in [-0.3, -0.25) is 0 Å². The summed E-state index contributed by atoms with van der Waals surface area (Å²) in [4.78, 5) is 4.54. The molecule has 17 heavy (non-hydrogen) atoms. The highest BCUT2D eigenvalue weighted by Gasteiger charge is 2.15. The standard InChI is InChI=1S/C13H16N4/c1-2-5-10(15)13-16-11-6-3-4-7-12(11)17(13)9-8-14/h3-4,6-7,10H,2,5,9,15H2,1H3. The lowest BCUT2D eigenvalue weighted by Gasteiger charge is -2.11. The van der Waals surface area contributed by atoms with E-state index in [2.05, 4.69) is 18.0 Å². The molecular weight excluding hydrogens is 212 g/mol. The second-order valence-corrected chi connectivity index (χ2v) is 4.10. The molecule has 0 aliphatic rings. The fraction of sp³-hybridized carbons (Fsp3) is 0.385. The van der Waals surface area contributed by atoms with Crippen molar-refractivity contribution in [1.29, 1.82) is 5.26 Å². The van der Waals surface area contributed by atoms with Crippen molar-refractivity contribution in [3.63, 3.8) is 0 Å². The number of rotatable bonds is 4. The number of nitrogens with two attached hydrogens (primary N) is 1. The highest BCUT2D eigenvalue weighted by molar-refractivity contribution is 5.76. The van der Waals surface area contributed by atoms with Crippen LogP contribution in [-0.2, 0) is 6.54 Å². The van der Waals surface area contributed by atoms with Gasteiger partial charge in [0.25, 0.3) is 0 Å². The number of nitrogens with zero attached hydrogens (tertiary/aromatic N) is 3. The third-order valence-corrected chi connectivity index (χ3v) is 2.84. The monoisotopic (exact) mass is 228 g/mol. The van der Waals surface area contributed by atoms with Crippen LogP contribution in [0.5, 0.6) is 0 Å². The molecule has 0 bridgehead atoms. The van der Waals surface area contributed by atoms with Crippen LogP contribution in [0.3, 0.4) is 0 Å². The number of hydrogen-bond acceptors (Lipinski definition) is 3. The highest BCUT2D eigenvalue weighted by Crippen LogP contribution is 2.21. The fourth-order valence-corrected chi connectivity index (χ4v) is 2.05. The Kier molecular flexibility index (Phi) is 3.40. The zero-order valence-electron chi connectivity index (χ0n) is 9.93. The molecule has 0 saturated carbocycles. The molecule has 0 radical (unpaired) electrons. The number of para-hydroxylation sites is 2. The van der Waals surface area contributed by atoms with Gasteiger partial charge < -0.3 is 10.3 Å². The van der Waals surface area contributed by atoms with Gasteiger partial charge in [0.05, 0.1) is 23.1 Å². The number of imidazole rings is 1. The van der Waals surface area contributed by atoms with Crippen molar-refractivity contribution in [1.82, 2.24) is 9.55 Å². The van der Waals surface area contributed by atoms with Gasteiger partial charge in [-0.25, -0.2) is 4.98 Å². The molecule has 88 valence electrons. The summed E-state index contributed by atoms with van der Waals surface area (Å²) < 4.78 is 1.91. The van der Waals surface area contributed by atoms with E-state index in [1.807, 2.05) is 28.8 Å². The summed E-state index contributed by atoms with van der Waals surface area (Å²) in [6.45, 7) is 2.39. The van der Waals surface area contributed by atoms with Gasteiger partial charge in [-0.2, -0.15) is 5.26 Å². The Bertz CT molecular complexity index is 550. The van der Waals surface area contributed by atoms with E-state index in [0.29, 0.717) is 6.54 Å². The molecule has 1 atom stereocenters. The first-order valence-electron chi connectivity index (χ1n) is 5.85. The maximum Gasteiger partial charge on any atom is 0.127 e. The molecule has 0 amide bonds. The van der Waals surface area contributed by atoms with E-state index in [9.17, 15) is 0 Å². The minimum absolute atomic E-state index is 0.0965. The molecule has 0 aliphatic carbocycles. The normalized spacial score (nSPS) is 12.5. The molecule has 0 spiro atoms. The smallest absolute Gasteiger partial charge is 0.127 e. The van der Waals surface area contributed by atoms with Crippen LogP contribution in [-0.4, -0.2) is 9.55 Å². The third kappa shape index (κ3) is 2.15. The van der Waals surface area contributed by atoms with Crippen LogP contribution in [0.15, 0.2) is 24.3 Å². The minimum atomic E-state index is -0.0965. The second-order valence-electron chi connectivity index (χ2n) is 4.10. The summed E-state index contributed by atoms with van der Waals surface area (Å²) in [5, 5.41) is 8.89. The van der Waals surface area contributed by atoms with Crippen LogP contribution in [0.4, 0.5) is 0 Å². The lowest BCUT2D eigenvalue weighted by Crippen LogP contribution is -2.16. The zero-order valence-corrected chi connectivity index (χ0v) is 9.93. The Balaban J connectivity index is 2.54. The molecule has 4 nitrogen and oxygen atoms in total. The Morgan fingerprint density at radius 1 is 1.47 bits per heavy atom. The molecule has 0 aliphatic heterocycles. The molecular formula is C13H16N4. The van der Waals surface area contributed by atoms with Crippen LogP contribution in [0, 0.1) is 11.3 Å². The summed E-state index contributed by atoms with van der Waals surface area (Å²) in [7, 11) is 0. The first-order valence-corrected chi connectivity index (χ1v) is 5.85. The highest BCUT2D eigenvalue weighted by atomic mass is 15.1. The van der Waals surface area contributed by atoms with Gasteiger partial charge in [-0.1, -0.05) is 25.5 Å². The Labute approximate surface area is 101 Å². The van der Waals surface area contributed by atoms with E-state index in [1.54, 1.807) is 0 Å². The quantitative estimate of drug-likeness (QED) is 0.873. The summed E-state index contributed by atoms with van der Waals surface area (Å²) in [6.07, 6.45) is 1.89. The molecule has 1 unspecified atom stereocenters. The van der Waals surface area contributed by atoms with Gasteiger partial charge in [0.2, 0.25) is 0 Å². The van der Waals surface area contributed by atoms with Crippen LogP contribution in [0.25, 0.3) is 11.0 Å². The van der Waals surface area contributed by atoms with Gasteiger partial charge in [0, 0.05) is 0 Å². The second kappa shape index (κ2) is 4.98. The Morgan fingerprint density at radius 2 is 2.24 bits per heavy atom. The van der Waals surface area contributed by atoms with Crippen molar-refractivity contribution in [2.45, 2.75) is 32.4 Å². The molecule has 1 heterocycles. The van der Waals surface area contributed by atoms with E-state index in [4.69, 9.17) is 11.0 Å². The lowest BCUT2D eigenvalue weighted by atomic mass is 10.2. The van der Waals surface area contributed by atoms with Crippen molar-refractivity contribution in [3.8, 4) is 6.07 Å². The molecule has 4 heteroatoms. The Hall–Kier alpha value is -1.86. The van der Waals surface area contributed by atoms with Gasteiger partial charge in [0.15, 0.2) is 0 Å². The van der Waals surface area contributed by atoms with Crippen LogP contribution >= 0.6 is 0 Å². The van der Waals surface area contributed by atoms with Gasteiger partial charge in [-0.15, -0.1) is 0 Å². The van der Waals surface area contributed by atoms with E-state index >= 15 is 0 Å². The van der Waals surface area contributed by atoms with Gasteiger partial charge in [-0.05, 0) is 18.6 Å². The topological polar surface area (TPSA) is 67.6 Å². The van der Waals surface area contributed by atoms with E-state index in [1.165, 1.54) is 0 Å². The maximum atomic E-state index is 8.89.